The molecule has 0 spiro atoms. The predicted molar refractivity (Wildman–Crippen MR) is 179 cm³/mol. The molecule has 0 amide bonds. The van der Waals surface area contributed by atoms with E-state index in [1.54, 1.807) is 0 Å². The molecule has 2 aliphatic rings. The summed E-state index contributed by atoms with van der Waals surface area (Å²) in [6.07, 6.45) is 0. The third-order valence-corrected chi connectivity index (χ3v) is 9.23. The first-order valence-corrected chi connectivity index (χ1v) is 15.2. The molecule has 2 heteroatoms. The molecular formula is C39H38BN. The average molecular weight is 532 g/mol. The fourth-order valence-corrected chi connectivity index (χ4v) is 6.83. The normalized spacial score (nSPS) is 13.2. The fraction of sp³-hybridized carbons (Fsp3) is 0.231. The van der Waals surface area contributed by atoms with E-state index in [0.29, 0.717) is 17.8 Å². The number of nitrogens with zero attached hydrogens (tertiary/aromatic N) is 1. The summed E-state index contributed by atoms with van der Waals surface area (Å²) in [6, 6.07) is 39.4. The van der Waals surface area contributed by atoms with E-state index in [4.69, 9.17) is 0 Å². The van der Waals surface area contributed by atoms with Crippen LogP contribution in [0.2, 0.25) is 0 Å². The van der Waals surface area contributed by atoms with Crippen molar-refractivity contribution in [3.8, 4) is 22.3 Å². The predicted octanol–water partition coefficient (Wildman–Crippen LogP) is 9.00. The van der Waals surface area contributed by atoms with Gasteiger partial charge in [0.2, 0.25) is 6.71 Å². The van der Waals surface area contributed by atoms with Gasteiger partial charge in [0, 0.05) is 17.1 Å². The zero-order chi connectivity index (χ0) is 28.4. The minimum atomic E-state index is 0.235. The number of anilines is 3. The molecule has 202 valence electrons. The van der Waals surface area contributed by atoms with Gasteiger partial charge in [0.05, 0.1) is 0 Å². The molecule has 5 aromatic rings. The van der Waals surface area contributed by atoms with Crippen molar-refractivity contribution in [1.29, 1.82) is 0 Å². The van der Waals surface area contributed by atoms with Gasteiger partial charge in [-0.2, -0.15) is 0 Å². The highest BCUT2D eigenvalue weighted by molar-refractivity contribution is 7.01. The van der Waals surface area contributed by atoms with Gasteiger partial charge in [-0.3, -0.25) is 0 Å². The molecule has 0 saturated carbocycles. The van der Waals surface area contributed by atoms with Crippen LogP contribution >= 0.6 is 0 Å². The maximum Gasteiger partial charge on any atom is 0.248 e. The smallest absolute Gasteiger partial charge is 0.248 e. The van der Waals surface area contributed by atoms with E-state index in [9.17, 15) is 0 Å². The molecule has 7 rings (SSSR count). The van der Waals surface area contributed by atoms with Crippen LogP contribution in [0.25, 0.3) is 22.3 Å². The standard InChI is InChI=1S/C39H38BN/c1-24(2)27-12-16-32(17-13-27)41-37-19-15-30(26(5)6)22-36(37)40-35-21-29(25(3)4)14-18-33(35)34-20-31(23-38(41)39(34)40)28-10-8-7-9-11-28/h7-26H,1-6H3. The summed E-state index contributed by atoms with van der Waals surface area (Å²) in [5.41, 5.74) is 17.6. The van der Waals surface area contributed by atoms with E-state index in [2.05, 4.69) is 150 Å². The molecule has 2 aliphatic heterocycles. The largest absolute Gasteiger partial charge is 0.311 e. The van der Waals surface area contributed by atoms with Crippen molar-refractivity contribution < 1.29 is 0 Å². The Labute approximate surface area is 246 Å². The van der Waals surface area contributed by atoms with E-state index in [1.807, 2.05) is 0 Å². The SMILES string of the molecule is CC(C)c1ccc(N2c3ccc(C(C)C)cc3B3c4cc(C(C)C)ccc4-c4cc(-c5ccccc5)cc2c43)cc1. The van der Waals surface area contributed by atoms with Gasteiger partial charge in [0.1, 0.15) is 0 Å². The molecule has 0 unspecified atom stereocenters. The van der Waals surface area contributed by atoms with Crippen LogP contribution in [0.1, 0.15) is 76.0 Å². The summed E-state index contributed by atoms with van der Waals surface area (Å²) in [7, 11) is 0. The van der Waals surface area contributed by atoms with E-state index in [1.165, 1.54) is 72.4 Å². The number of fused-ring (bicyclic) bond motifs is 5. The molecule has 0 aromatic heterocycles. The van der Waals surface area contributed by atoms with Crippen molar-refractivity contribution in [3.05, 3.63) is 120 Å². The van der Waals surface area contributed by atoms with Crippen LogP contribution in [0, 0.1) is 0 Å². The zero-order valence-corrected chi connectivity index (χ0v) is 25.1. The lowest BCUT2D eigenvalue weighted by Gasteiger charge is -2.37. The Bertz CT molecular complexity index is 1760. The molecule has 0 fully saturated rings. The first-order chi connectivity index (χ1) is 19.8. The van der Waals surface area contributed by atoms with Crippen molar-refractivity contribution in [2.24, 2.45) is 0 Å². The summed E-state index contributed by atoms with van der Waals surface area (Å²) in [5, 5.41) is 0. The molecule has 2 heterocycles. The van der Waals surface area contributed by atoms with Gasteiger partial charge < -0.3 is 4.90 Å². The Kier molecular flexibility index (Phi) is 6.19. The van der Waals surface area contributed by atoms with E-state index in [0.717, 1.165) is 0 Å². The third kappa shape index (κ3) is 4.15. The van der Waals surface area contributed by atoms with Gasteiger partial charge in [0.25, 0.3) is 0 Å². The number of hydrogen-bond donors (Lipinski definition) is 0. The monoisotopic (exact) mass is 531 g/mol. The lowest BCUT2D eigenvalue weighted by Crippen LogP contribution is -2.55. The molecule has 41 heavy (non-hydrogen) atoms. The lowest BCUT2D eigenvalue weighted by atomic mass is 9.37. The maximum absolute atomic E-state index is 2.53. The minimum Gasteiger partial charge on any atom is -0.311 e. The Balaban J connectivity index is 1.55. The first-order valence-electron chi connectivity index (χ1n) is 15.2. The van der Waals surface area contributed by atoms with Crippen molar-refractivity contribution in [1.82, 2.24) is 0 Å². The molecule has 0 saturated heterocycles. The van der Waals surface area contributed by atoms with Crippen LogP contribution < -0.4 is 21.3 Å². The molecule has 5 aromatic carbocycles. The quantitative estimate of drug-likeness (QED) is 0.200. The molecule has 0 bridgehead atoms. The van der Waals surface area contributed by atoms with Gasteiger partial charge in [-0.15, -0.1) is 0 Å². The first kappa shape index (κ1) is 25.9. The highest BCUT2D eigenvalue weighted by Gasteiger charge is 2.43. The summed E-state index contributed by atoms with van der Waals surface area (Å²) in [4.78, 5) is 2.53. The number of benzene rings is 5. The molecule has 1 nitrogen and oxygen atoms in total. The Morgan fingerprint density at radius 1 is 0.488 bits per heavy atom. The summed E-state index contributed by atoms with van der Waals surface area (Å²) < 4.78 is 0. The molecule has 0 aliphatic carbocycles. The topological polar surface area (TPSA) is 3.24 Å². The van der Waals surface area contributed by atoms with Gasteiger partial charge in [-0.1, -0.05) is 120 Å². The van der Waals surface area contributed by atoms with Crippen LogP contribution in [-0.4, -0.2) is 6.71 Å². The van der Waals surface area contributed by atoms with Gasteiger partial charge >= 0.3 is 0 Å². The van der Waals surface area contributed by atoms with E-state index < -0.39 is 0 Å². The van der Waals surface area contributed by atoms with Crippen LogP contribution in [0.15, 0.2) is 103 Å². The second-order valence-corrected chi connectivity index (χ2v) is 12.8. The van der Waals surface area contributed by atoms with Crippen molar-refractivity contribution >= 4 is 40.2 Å². The second kappa shape index (κ2) is 9.81. The fourth-order valence-electron chi connectivity index (χ4n) is 6.83. The van der Waals surface area contributed by atoms with Crippen LogP contribution in [0.5, 0.6) is 0 Å². The number of hydrogen-bond acceptors (Lipinski definition) is 1. The Hall–Kier alpha value is -4.04. The highest BCUT2D eigenvalue weighted by Crippen LogP contribution is 2.43. The van der Waals surface area contributed by atoms with Crippen LogP contribution in [0.3, 0.4) is 0 Å². The third-order valence-electron chi connectivity index (χ3n) is 9.23. The Morgan fingerprint density at radius 2 is 1.10 bits per heavy atom. The van der Waals surface area contributed by atoms with Crippen molar-refractivity contribution in [2.75, 3.05) is 4.90 Å². The maximum atomic E-state index is 2.53. The second-order valence-electron chi connectivity index (χ2n) is 12.8. The summed E-state index contributed by atoms with van der Waals surface area (Å²) in [6.45, 7) is 14.0. The minimum absolute atomic E-state index is 0.235. The van der Waals surface area contributed by atoms with Crippen LogP contribution in [0.4, 0.5) is 17.1 Å². The zero-order valence-electron chi connectivity index (χ0n) is 25.1. The van der Waals surface area contributed by atoms with Crippen molar-refractivity contribution in [2.45, 2.75) is 59.3 Å². The van der Waals surface area contributed by atoms with Gasteiger partial charge in [0.15, 0.2) is 0 Å². The van der Waals surface area contributed by atoms with Crippen molar-refractivity contribution in [3.63, 3.8) is 0 Å². The molecular weight excluding hydrogens is 493 g/mol. The summed E-state index contributed by atoms with van der Waals surface area (Å²) in [5.74, 6) is 1.47. The number of rotatable bonds is 5. The average Bonchev–Trinajstić information content (AvgIpc) is 3.32. The van der Waals surface area contributed by atoms with E-state index in [-0.39, 0.29) is 6.71 Å². The van der Waals surface area contributed by atoms with Gasteiger partial charge in [-0.25, -0.2) is 0 Å². The molecule has 0 atom stereocenters. The molecule has 0 radical (unpaired) electrons. The lowest BCUT2D eigenvalue weighted by molar-refractivity contribution is 0.866. The van der Waals surface area contributed by atoms with Crippen LogP contribution in [-0.2, 0) is 0 Å². The molecule has 0 N–H and O–H groups in total. The van der Waals surface area contributed by atoms with E-state index >= 15 is 0 Å². The van der Waals surface area contributed by atoms with Gasteiger partial charge in [-0.05, 0) is 98.0 Å². The Morgan fingerprint density at radius 3 is 1.76 bits per heavy atom. The highest BCUT2D eigenvalue weighted by atomic mass is 15.2. The summed E-state index contributed by atoms with van der Waals surface area (Å²) >= 11 is 0.